The second-order valence-corrected chi connectivity index (χ2v) is 6.93. The third-order valence-corrected chi connectivity index (χ3v) is 4.91. The first-order chi connectivity index (χ1) is 12.8. The lowest BCUT2D eigenvalue weighted by molar-refractivity contribution is -0.137. The molecule has 1 fully saturated rings. The van der Waals surface area contributed by atoms with E-state index < -0.39 is 17.8 Å². The van der Waals surface area contributed by atoms with Crippen molar-refractivity contribution in [1.29, 1.82) is 0 Å². The zero-order valence-electron chi connectivity index (χ0n) is 14.6. The number of carbonyl (C=O) groups is 1. The number of benzene rings is 1. The SMILES string of the molecule is C[C@H](NC(=O)[C@@H]1CCCN1c1ncc(C(F)(F)F)cc1Cl)c1ccccc1. The number of aromatic nitrogens is 1. The van der Waals surface area contributed by atoms with Gasteiger partial charge in [0, 0.05) is 12.7 Å². The number of hydrogen-bond acceptors (Lipinski definition) is 3. The van der Waals surface area contributed by atoms with Gasteiger partial charge < -0.3 is 10.2 Å². The van der Waals surface area contributed by atoms with Gasteiger partial charge in [0.05, 0.1) is 16.6 Å². The summed E-state index contributed by atoms with van der Waals surface area (Å²) in [5.41, 5.74) is 0.0650. The normalized spacial score (nSPS) is 18.4. The number of amides is 1. The fourth-order valence-electron chi connectivity index (χ4n) is 3.22. The van der Waals surface area contributed by atoms with Crippen LogP contribution in [0.5, 0.6) is 0 Å². The maximum Gasteiger partial charge on any atom is 0.417 e. The van der Waals surface area contributed by atoms with Gasteiger partial charge in [-0.15, -0.1) is 0 Å². The van der Waals surface area contributed by atoms with E-state index in [1.54, 1.807) is 4.90 Å². The fourth-order valence-corrected chi connectivity index (χ4v) is 3.50. The van der Waals surface area contributed by atoms with Crippen molar-refractivity contribution in [3.8, 4) is 0 Å². The van der Waals surface area contributed by atoms with E-state index >= 15 is 0 Å². The number of pyridine rings is 1. The Labute approximate surface area is 160 Å². The van der Waals surface area contributed by atoms with Gasteiger partial charge in [-0.3, -0.25) is 4.79 Å². The molecule has 0 bridgehead atoms. The molecule has 1 amide bonds. The lowest BCUT2D eigenvalue weighted by atomic mass is 10.1. The first-order valence-corrected chi connectivity index (χ1v) is 9.00. The monoisotopic (exact) mass is 397 g/mol. The molecule has 2 heterocycles. The summed E-state index contributed by atoms with van der Waals surface area (Å²) >= 11 is 6.05. The Balaban J connectivity index is 1.76. The summed E-state index contributed by atoms with van der Waals surface area (Å²) in [6, 6.07) is 9.68. The minimum Gasteiger partial charge on any atom is -0.348 e. The number of nitrogens with one attached hydrogen (secondary N) is 1. The number of anilines is 1. The molecule has 0 radical (unpaired) electrons. The minimum absolute atomic E-state index is 0.111. The van der Waals surface area contributed by atoms with Crippen LogP contribution in [0.2, 0.25) is 5.02 Å². The highest BCUT2D eigenvalue weighted by Gasteiger charge is 2.36. The summed E-state index contributed by atoms with van der Waals surface area (Å²) in [5, 5.41) is 2.85. The minimum atomic E-state index is -4.51. The number of rotatable bonds is 4. The van der Waals surface area contributed by atoms with E-state index in [1.165, 1.54) is 0 Å². The number of carbonyl (C=O) groups excluding carboxylic acids is 1. The van der Waals surface area contributed by atoms with Crippen molar-refractivity contribution in [1.82, 2.24) is 10.3 Å². The number of alkyl halides is 3. The van der Waals surface area contributed by atoms with Gasteiger partial charge in [0.2, 0.25) is 5.91 Å². The highest BCUT2D eigenvalue weighted by Crippen LogP contribution is 2.35. The summed E-state index contributed by atoms with van der Waals surface area (Å²) < 4.78 is 38.4. The molecular formula is C19H19ClF3N3O. The number of halogens is 4. The van der Waals surface area contributed by atoms with Crippen LogP contribution in [0, 0.1) is 0 Å². The average Bonchev–Trinajstić information content (AvgIpc) is 3.11. The first kappa shape index (κ1) is 19.5. The molecule has 1 aliphatic rings. The second kappa shape index (κ2) is 7.76. The van der Waals surface area contributed by atoms with Gasteiger partial charge >= 0.3 is 6.18 Å². The Morgan fingerprint density at radius 2 is 2.04 bits per heavy atom. The van der Waals surface area contributed by atoms with E-state index in [-0.39, 0.29) is 22.8 Å². The molecule has 0 saturated carbocycles. The first-order valence-electron chi connectivity index (χ1n) is 8.62. The van der Waals surface area contributed by atoms with Gasteiger partial charge in [-0.1, -0.05) is 41.9 Å². The Morgan fingerprint density at radius 1 is 1.33 bits per heavy atom. The number of hydrogen-bond donors (Lipinski definition) is 1. The molecule has 0 unspecified atom stereocenters. The quantitative estimate of drug-likeness (QED) is 0.820. The fraction of sp³-hybridized carbons (Fsp3) is 0.368. The molecule has 27 heavy (non-hydrogen) atoms. The van der Waals surface area contributed by atoms with Gasteiger partial charge in [-0.2, -0.15) is 13.2 Å². The average molecular weight is 398 g/mol. The molecule has 144 valence electrons. The van der Waals surface area contributed by atoms with Gasteiger partial charge in [0.15, 0.2) is 0 Å². The van der Waals surface area contributed by atoms with Gasteiger partial charge in [-0.25, -0.2) is 4.98 Å². The molecule has 3 rings (SSSR count). The van der Waals surface area contributed by atoms with Crippen LogP contribution in [-0.4, -0.2) is 23.5 Å². The molecule has 2 atom stereocenters. The van der Waals surface area contributed by atoms with Crippen LogP contribution in [-0.2, 0) is 11.0 Å². The standard InChI is InChI=1S/C19H19ClF3N3O/c1-12(13-6-3-2-4-7-13)25-18(27)16-8-5-9-26(16)17-15(20)10-14(11-24-17)19(21,22)23/h2-4,6-7,10-12,16H,5,8-9H2,1H3,(H,25,27)/t12-,16-/m0/s1. The maximum atomic E-state index is 12.8. The summed E-state index contributed by atoms with van der Waals surface area (Å²) in [4.78, 5) is 18.3. The summed E-state index contributed by atoms with van der Waals surface area (Å²) in [5.74, 6) is 0.0105. The maximum absolute atomic E-state index is 12.8. The zero-order chi connectivity index (χ0) is 19.6. The highest BCUT2D eigenvalue weighted by atomic mass is 35.5. The molecule has 8 heteroatoms. The lowest BCUT2D eigenvalue weighted by Gasteiger charge is -2.27. The van der Waals surface area contributed by atoms with E-state index in [2.05, 4.69) is 10.3 Å². The van der Waals surface area contributed by atoms with Crippen molar-refractivity contribution in [3.63, 3.8) is 0 Å². The van der Waals surface area contributed by atoms with Crippen molar-refractivity contribution in [2.75, 3.05) is 11.4 Å². The summed E-state index contributed by atoms with van der Waals surface area (Å²) in [6.07, 6.45) is -2.44. The van der Waals surface area contributed by atoms with Crippen molar-refractivity contribution in [2.24, 2.45) is 0 Å². The van der Waals surface area contributed by atoms with E-state index in [0.29, 0.717) is 13.0 Å². The third kappa shape index (κ3) is 4.35. The van der Waals surface area contributed by atoms with Gasteiger partial charge in [-0.05, 0) is 31.4 Å². The van der Waals surface area contributed by atoms with Gasteiger partial charge in [0.1, 0.15) is 11.9 Å². The molecule has 4 nitrogen and oxygen atoms in total. The van der Waals surface area contributed by atoms with E-state index in [1.807, 2.05) is 37.3 Å². The lowest BCUT2D eigenvalue weighted by Crippen LogP contribution is -2.44. The Kier molecular flexibility index (Phi) is 5.60. The number of nitrogens with zero attached hydrogens (tertiary/aromatic N) is 2. The van der Waals surface area contributed by atoms with Crippen LogP contribution in [0.4, 0.5) is 19.0 Å². The van der Waals surface area contributed by atoms with Crippen molar-refractivity contribution in [2.45, 2.75) is 38.0 Å². The molecule has 0 aliphatic carbocycles. The van der Waals surface area contributed by atoms with Crippen LogP contribution in [0.25, 0.3) is 0 Å². The van der Waals surface area contributed by atoms with E-state index in [4.69, 9.17) is 11.6 Å². The smallest absolute Gasteiger partial charge is 0.348 e. The molecule has 1 aromatic heterocycles. The van der Waals surface area contributed by atoms with Crippen LogP contribution in [0.3, 0.4) is 0 Å². The van der Waals surface area contributed by atoms with Crippen molar-refractivity contribution < 1.29 is 18.0 Å². The Bertz CT molecular complexity index is 814. The highest BCUT2D eigenvalue weighted by molar-refractivity contribution is 6.33. The van der Waals surface area contributed by atoms with Crippen LogP contribution >= 0.6 is 11.6 Å². The molecular weight excluding hydrogens is 379 g/mol. The van der Waals surface area contributed by atoms with Gasteiger partial charge in [0.25, 0.3) is 0 Å². The summed E-state index contributed by atoms with van der Waals surface area (Å²) in [6.45, 7) is 2.39. The van der Waals surface area contributed by atoms with Crippen molar-refractivity contribution >= 4 is 23.3 Å². The summed E-state index contributed by atoms with van der Waals surface area (Å²) in [7, 11) is 0. The molecule has 1 N–H and O–H groups in total. The van der Waals surface area contributed by atoms with Crippen molar-refractivity contribution in [3.05, 3.63) is 58.7 Å². The molecule has 1 aliphatic heterocycles. The van der Waals surface area contributed by atoms with E-state index in [0.717, 1.165) is 24.2 Å². The van der Waals surface area contributed by atoms with E-state index in [9.17, 15) is 18.0 Å². The Hall–Kier alpha value is -2.28. The zero-order valence-corrected chi connectivity index (χ0v) is 15.4. The topological polar surface area (TPSA) is 45.2 Å². The predicted molar refractivity (Wildman–Crippen MR) is 97.6 cm³/mol. The third-order valence-electron chi connectivity index (χ3n) is 4.63. The Morgan fingerprint density at radius 3 is 2.67 bits per heavy atom. The molecule has 2 aromatic rings. The largest absolute Gasteiger partial charge is 0.417 e. The van der Waals surface area contributed by atoms with Crippen LogP contribution in [0.15, 0.2) is 42.6 Å². The second-order valence-electron chi connectivity index (χ2n) is 6.52. The molecule has 1 saturated heterocycles. The van der Waals surface area contributed by atoms with Crippen LogP contribution < -0.4 is 10.2 Å². The van der Waals surface area contributed by atoms with Crippen LogP contribution in [0.1, 0.15) is 36.9 Å². The molecule has 1 aromatic carbocycles. The molecule has 0 spiro atoms. The predicted octanol–water partition coefficient (Wildman–Crippen LogP) is 4.60.